The zero-order chi connectivity index (χ0) is 14.3. The summed E-state index contributed by atoms with van der Waals surface area (Å²) in [6.07, 6.45) is 2.10. The second-order valence-corrected chi connectivity index (χ2v) is 4.47. The number of hydrogen-bond donors (Lipinski definition) is 2. The lowest BCUT2D eigenvalue weighted by Crippen LogP contribution is -2.27. The summed E-state index contributed by atoms with van der Waals surface area (Å²) in [5, 5.41) is 0. The summed E-state index contributed by atoms with van der Waals surface area (Å²) >= 11 is 5.64. The minimum Gasteiger partial charge on any atom is -0.365 e. The van der Waals surface area contributed by atoms with E-state index >= 15 is 0 Å². The monoisotopic (exact) mass is 280 g/mol. The summed E-state index contributed by atoms with van der Waals surface area (Å²) in [6.45, 7) is 0. The Morgan fingerprint density at radius 3 is 2.05 bits per heavy atom. The molecule has 2 amide bonds. The van der Waals surface area contributed by atoms with Crippen molar-refractivity contribution in [2.75, 3.05) is 5.88 Å². The highest BCUT2D eigenvalue weighted by molar-refractivity contribution is 6.22. The van der Waals surface area contributed by atoms with E-state index in [4.69, 9.17) is 23.1 Å². The van der Waals surface area contributed by atoms with Gasteiger partial charge in [0.25, 0.3) is 11.8 Å². The first-order valence-electron chi connectivity index (χ1n) is 6.02. The van der Waals surface area contributed by atoms with Gasteiger partial charge in [-0.1, -0.05) is 30.3 Å². The Balaban J connectivity index is 3.21. The molecular weight excluding hydrogens is 264 g/mol. The topological polar surface area (TPSA) is 86.2 Å². The van der Waals surface area contributed by atoms with Gasteiger partial charge in [0.2, 0.25) is 0 Å². The Morgan fingerprint density at radius 1 is 1.00 bits per heavy atom. The van der Waals surface area contributed by atoms with Crippen molar-refractivity contribution >= 4 is 29.0 Å². The molecule has 5 heteroatoms. The number of primary amides is 2. The highest BCUT2D eigenvalue weighted by Gasteiger charge is 2.19. The van der Waals surface area contributed by atoms with Crippen LogP contribution in [0.2, 0.25) is 0 Å². The molecule has 1 aromatic carbocycles. The van der Waals surface area contributed by atoms with Gasteiger partial charge in [-0.15, -0.1) is 11.6 Å². The van der Waals surface area contributed by atoms with Crippen molar-refractivity contribution in [3.63, 3.8) is 0 Å². The van der Waals surface area contributed by atoms with E-state index in [0.717, 1.165) is 18.4 Å². The molecule has 0 aliphatic rings. The fraction of sp³-hybridized carbons (Fsp3) is 0.286. The summed E-state index contributed by atoms with van der Waals surface area (Å²) < 4.78 is 0. The van der Waals surface area contributed by atoms with Gasteiger partial charge in [-0.3, -0.25) is 9.59 Å². The summed E-state index contributed by atoms with van der Waals surface area (Å²) in [6, 6.07) is 9.16. The maximum Gasteiger partial charge on any atom is 0.254 e. The Labute approximate surface area is 117 Å². The lowest BCUT2D eigenvalue weighted by atomic mass is 9.94. The van der Waals surface area contributed by atoms with Crippen LogP contribution < -0.4 is 11.5 Å². The first-order valence-corrected chi connectivity index (χ1v) is 6.55. The normalized spacial score (nSPS) is 9.95. The number of unbranched alkanes of at least 4 members (excludes halogenated alkanes) is 1. The number of carbonyl (C=O) groups is 2. The van der Waals surface area contributed by atoms with E-state index in [-0.39, 0.29) is 5.57 Å². The maximum absolute atomic E-state index is 11.4. The van der Waals surface area contributed by atoms with E-state index in [9.17, 15) is 9.59 Å². The Bertz CT molecular complexity index is 467. The van der Waals surface area contributed by atoms with E-state index < -0.39 is 11.8 Å². The molecule has 1 rings (SSSR count). The van der Waals surface area contributed by atoms with E-state index in [1.807, 2.05) is 30.3 Å². The molecule has 0 saturated carbocycles. The number of hydrogen-bond acceptors (Lipinski definition) is 2. The Morgan fingerprint density at radius 2 is 1.58 bits per heavy atom. The molecule has 4 nitrogen and oxygen atoms in total. The number of rotatable bonds is 7. The molecule has 0 heterocycles. The number of nitrogens with two attached hydrogens (primary N) is 2. The predicted octanol–water partition coefficient (Wildman–Crippen LogP) is 1.82. The molecule has 0 spiro atoms. The predicted molar refractivity (Wildman–Crippen MR) is 76.3 cm³/mol. The third-order valence-corrected chi connectivity index (χ3v) is 2.99. The van der Waals surface area contributed by atoms with E-state index in [0.29, 0.717) is 17.9 Å². The minimum absolute atomic E-state index is 0.124. The second kappa shape index (κ2) is 7.59. The van der Waals surface area contributed by atoms with Crippen molar-refractivity contribution in [2.24, 2.45) is 11.5 Å². The lowest BCUT2D eigenvalue weighted by molar-refractivity contribution is -0.120. The van der Waals surface area contributed by atoms with Crippen LogP contribution in [0.4, 0.5) is 0 Å². The van der Waals surface area contributed by atoms with Crippen LogP contribution in [0.5, 0.6) is 0 Å². The van der Waals surface area contributed by atoms with Gasteiger partial charge in [0.05, 0.1) is 0 Å². The van der Waals surface area contributed by atoms with Crippen molar-refractivity contribution in [1.82, 2.24) is 0 Å². The highest BCUT2D eigenvalue weighted by atomic mass is 35.5. The first kappa shape index (κ1) is 15.2. The van der Waals surface area contributed by atoms with E-state index in [1.165, 1.54) is 0 Å². The summed E-state index contributed by atoms with van der Waals surface area (Å²) in [5.74, 6) is -1.06. The molecule has 0 aromatic heterocycles. The average Bonchev–Trinajstić information content (AvgIpc) is 2.38. The van der Waals surface area contributed by atoms with Gasteiger partial charge in [0.15, 0.2) is 0 Å². The van der Waals surface area contributed by atoms with Crippen molar-refractivity contribution in [2.45, 2.75) is 19.3 Å². The van der Waals surface area contributed by atoms with Gasteiger partial charge in [-0.25, -0.2) is 0 Å². The van der Waals surface area contributed by atoms with Crippen LogP contribution in [0.3, 0.4) is 0 Å². The van der Waals surface area contributed by atoms with Crippen LogP contribution in [0, 0.1) is 0 Å². The third-order valence-electron chi connectivity index (χ3n) is 2.73. The zero-order valence-corrected chi connectivity index (χ0v) is 11.3. The van der Waals surface area contributed by atoms with Crippen molar-refractivity contribution in [3.05, 3.63) is 41.5 Å². The van der Waals surface area contributed by atoms with Crippen molar-refractivity contribution in [3.8, 4) is 0 Å². The van der Waals surface area contributed by atoms with Gasteiger partial charge in [-0.2, -0.15) is 0 Å². The number of halogens is 1. The van der Waals surface area contributed by atoms with Gasteiger partial charge < -0.3 is 11.5 Å². The number of carbonyl (C=O) groups excluding carboxylic acids is 2. The van der Waals surface area contributed by atoms with Crippen LogP contribution in [-0.4, -0.2) is 17.7 Å². The number of allylic oxidation sites excluding steroid dienone is 1. The summed E-state index contributed by atoms with van der Waals surface area (Å²) in [5.41, 5.74) is 11.8. The Kier molecular flexibility index (Phi) is 6.09. The molecule has 0 atom stereocenters. The minimum atomic E-state index is -0.794. The zero-order valence-electron chi connectivity index (χ0n) is 10.6. The average molecular weight is 281 g/mol. The SMILES string of the molecule is NC(=O)C(C(N)=O)=C(CCCCCl)c1ccccc1. The highest BCUT2D eigenvalue weighted by Crippen LogP contribution is 2.24. The smallest absolute Gasteiger partial charge is 0.254 e. The molecule has 1 aromatic rings. The van der Waals surface area contributed by atoms with E-state index in [1.54, 1.807) is 0 Å². The van der Waals surface area contributed by atoms with Gasteiger partial charge >= 0.3 is 0 Å². The first-order chi connectivity index (χ1) is 9.07. The van der Waals surface area contributed by atoms with Crippen molar-refractivity contribution in [1.29, 1.82) is 0 Å². The molecule has 0 fully saturated rings. The molecule has 0 radical (unpaired) electrons. The van der Waals surface area contributed by atoms with Crippen LogP contribution in [0.25, 0.3) is 5.57 Å². The molecule has 0 saturated heterocycles. The number of benzene rings is 1. The number of alkyl halides is 1. The summed E-state index contributed by atoms with van der Waals surface area (Å²) in [4.78, 5) is 22.9. The Hall–Kier alpha value is -1.81. The van der Waals surface area contributed by atoms with Gasteiger partial charge in [-0.05, 0) is 30.4 Å². The quantitative estimate of drug-likeness (QED) is 0.262. The molecule has 102 valence electrons. The fourth-order valence-electron chi connectivity index (χ4n) is 1.87. The van der Waals surface area contributed by atoms with Gasteiger partial charge in [0, 0.05) is 5.88 Å². The third kappa shape index (κ3) is 4.41. The second-order valence-electron chi connectivity index (χ2n) is 4.09. The van der Waals surface area contributed by atoms with Crippen LogP contribution in [-0.2, 0) is 9.59 Å². The van der Waals surface area contributed by atoms with Crippen LogP contribution in [0.15, 0.2) is 35.9 Å². The van der Waals surface area contributed by atoms with Crippen LogP contribution >= 0.6 is 11.6 Å². The maximum atomic E-state index is 11.4. The summed E-state index contributed by atoms with van der Waals surface area (Å²) in [7, 11) is 0. The lowest BCUT2D eigenvalue weighted by Gasteiger charge is -2.11. The van der Waals surface area contributed by atoms with Gasteiger partial charge in [0.1, 0.15) is 5.57 Å². The molecule has 19 heavy (non-hydrogen) atoms. The fourth-order valence-corrected chi connectivity index (χ4v) is 2.06. The van der Waals surface area contributed by atoms with Crippen molar-refractivity contribution < 1.29 is 9.59 Å². The van der Waals surface area contributed by atoms with E-state index in [2.05, 4.69) is 0 Å². The number of amides is 2. The molecular formula is C14H17ClN2O2. The molecule has 0 bridgehead atoms. The molecule has 4 N–H and O–H groups in total. The molecule has 0 aliphatic carbocycles. The standard InChI is InChI=1S/C14H17ClN2O2/c15-9-5-4-8-11(10-6-2-1-3-7-10)12(13(16)18)14(17)19/h1-3,6-7H,4-5,8-9H2,(H2,16,18)(H2,17,19). The largest absolute Gasteiger partial charge is 0.365 e. The molecule has 0 unspecified atom stereocenters. The van der Waals surface area contributed by atoms with Crippen LogP contribution in [0.1, 0.15) is 24.8 Å². The molecule has 0 aliphatic heterocycles.